The fourth-order valence-electron chi connectivity index (χ4n) is 3.99. The lowest BCUT2D eigenvalue weighted by Crippen LogP contribution is -2.52. The van der Waals surface area contributed by atoms with E-state index in [1.54, 1.807) is 0 Å². The standard InChI is InChI=1S/C30H37N3O2/c1-4-23(3)28(32-30(35)31-27-18-16-24(5-2)17-19-27)29(34)33(22-26-14-10-7-11-15-26)21-20-25-12-8-6-9-13-25/h6-19,23,28H,4-5,20-22H2,1-3H3,(H2,31,32,35). The molecule has 0 saturated carbocycles. The molecule has 3 rings (SSSR count). The largest absolute Gasteiger partial charge is 0.336 e. The van der Waals surface area contributed by atoms with Crippen molar-refractivity contribution in [1.82, 2.24) is 10.2 Å². The number of benzene rings is 3. The number of hydrogen-bond donors (Lipinski definition) is 2. The number of anilines is 1. The van der Waals surface area contributed by atoms with E-state index < -0.39 is 6.04 Å². The van der Waals surface area contributed by atoms with Gasteiger partial charge in [0.15, 0.2) is 0 Å². The van der Waals surface area contributed by atoms with Gasteiger partial charge in [0.05, 0.1) is 0 Å². The highest BCUT2D eigenvalue weighted by Crippen LogP contribution is 2.16. The van der Waals surface area contributed by atoms with Gasteiger partial charge in [0, 0.05) is 18.8 Å². The summed E-state index contributed by atoms with van der Waals surface area (Å²) in [5.41, 5.74) is 4.16. The average molecular weight is 472 g/mol. The van der Waals surface area contributed by atoms with E-state index in [0.717, 1.165) is 24.8 Å². The second-order valence-corrected chi connectivity index (χ2v) is 8.99. The highest BCUT2D eigenvalue weighted by molar-refractivity contribution is 5.93. The normalized spacial score (nSPS) is 12.4. The maximum atomic E-state index is 13.8. The third-order valence-electron chi connectivity index (χ3n) is 6.43. The molecule has 35 heavy (non-hydrogen) atoms. The van der Waals surface area contributed by atoms with E-state index in [9.17, 15) is 9.59 Å². The van der Waals surface area contributed by atoms with Gasteiger partial charge in [-0.05, 0) is 47.6 Å². The summed E-state index contributed by atoms with van der Waals surface area (Å²) in [5, 5.41) is 5.85. The highest BCUT2D eigenvalue weighted by atomic mass is 16.2. The van der Waals surface area contributed by atoms with Crippen molar-refractivity contribution >= 4 is 17.6 Å². The van der Waals surface area contributed by atoms with Crippen LogP contribution in [0.25, 0.3) is 0 Å². The lowest BCUT2D eigenvalue weighted by Gasteiger charge is -2.31. The van der Waals surface area contributed by atoms with Crippen LogP contribution in [0.4, 0.5) is 10.5 Å². The quantitative estimate of drug-likeness (QED) is 0.357. The first kappa shape index (κ1) is 26.0. The predicted molar refractivity (Wildman–Crippen MR) is 143 cm³/mol. The second kappa shape index (κ2) is 13.3. The third kappa shape index (κ3) is 7.99. The van der Waals surface area contributed by atoms with Crippen molar-refractivity contribution in [1.29, 1.82) is 0 Å². The summed E-state index contributed by atoms with van der Waals surface area (Å²) in [7, 11) is 0. The van der Waals surface area contributed by atoms with Gasteiger partial charge in [-0.2, -0.15) is 0 Å². The number of carbonyl (C=O) groups excluding carboxylic acids is 2. The Balaban J connectivity index is 1.75. The molecule has 0 aromatic heterocycles. The van der Waals surface area contributed by atoms with E-state index in [4.69, 9.17) is 0 Å². The van der Waals surface area contributed by atoms with Crippen molar-refractivity contribution in [3.05, 3.63) is 102 Å². The van der Waals surface area contributed by atoms with Crippen molar-refractivity contribution < 1.29 is 9.59 Å². The summed E-state index contributed by atoms with van der Waals surface area (Å²) in [5.74, 6) is -0.0682. The molecular formula is C30H37N3O2. The number of rotatable bonds is 11. The smallest absolute Gasteiger partial charge is 0.319 e. The van der Waals surface area contributed by atoms with Gasteiger partial charge in [0.2, 0.25) is 5.91 Å². The van der Waals surface area contributed by atoms with E-state index >= 15 is 0 Å². The molecular weight excluding hydrogens is 434 g/mol. The van der Waals surface area contributed by atoms with Crippen LogP contribution in [0.1, 0.15) is 43.9 Å². The number of amides is 3. The Morgan fingerprint density at radius 1 is 0.800 bits per heavy atom. The van der Waals surface area contributed by atoms with E-state index in [2.05, 4.69) is 29.7 Å². The van der Waals surface area contributed by atoms with Gasteiger partial charge >= 0.3 is 6.03 Å². The second-order valence-electron chi connectivity index (χ2n) is 8.99. The summed E-state index contributed by atoms with van der Waals surface area (Å²) >= 11 is 0. The molecule has 2 atom stereocenters. The average Bonchev–Trinajstić information content (AvgIpc) is 2.90. The maximum absolute atomic E-state index is 13.8. The first-order chi connectivity index (χ1) is 17.0. The molecule has 5 nitrogen and oxygen atoms in total. The Kier molecular flexibility index (Phi) is 9.91. The van der Waals surface area contributed by atoms with E-state index in [-0.39, 0.29) is 17.9 Å². The highest BCUT2D eigenvalue weighted by Gasteiger charge is 2.30. The first-order valence-corrected chi connectivity index (χ1v) is 12.5. The molecule has 3 amide bonds. The van der Waals surface area contributed by atoms with Crippen molar-refractivity contribution in [2.45, 2.75) is 52.6 Å². The van der Waals surface area contributed by atoms with Crippen LogP contribution in [0.2, 0.25) is 0 Å². The fraction of sp³-hybridized carbons (Fsp3) is 0.333. The van der Waals surface area contributed by atoms with Crippen LogP contribution in [-0.4, -0.2) is 29.4 Å². The Labute approximate surface area is 209 Å². The lowest BCUT2D eigenvalue weighted by molar-refractivity contribution is -0.135. The van der Waals surface area contributed by atoms with Crippen molar-refractivity contribution in [3.63, 3.8) is 0 Å². The molecule has 5 heteroatoms. The Morgan fingerprint density at radius 3 is 1.97 bits per heavy atom. The summed E-state index contributed by atoms with van der Waals surface area (Å²) in [6.45, 7) is 7.22. The Hall–Kier alpha value is -3.60. The van der Waals surface area contributed by atoms with Gasteiger partial charge in [-0.3, -0.25) is 4.79 Å². The minimum atomic E-state index is -0.616. The lowest BCUT2D eigenvalue weighted by atomic mass is 9.97. The zero-order valence-electron chi connectivity index (χ0n) is 21.0. The molecule has 2 unspecified atom stereocenters. The molecule has 3 aromatic rings. The SMILES string of the molecule is CCc1ccc(NC(=O)NC(C(=O)N(CCc2ccccc2)Cc2ccccc2)C(C)CC)cc1. The van der Waals surface area contributed by atoms with Crippen LogP contribution in [0.5, 0.6) is 0 Å². The fourth-order valence-corrected chi connectivity index (χ4v) is 3.99. The molecule has 0 saturated heterocycles. The van der Waals surface area contributed by atoms with Crippen molar-refractivity contribution in [2.24, 2.45) is 5.92 Å². The van der Waals surface area contributed by atoms with Crippen LogP contribution in [0.3, 0.4) is 0 Å². The van der Waals surface area contributed by atoms with Crippen LogP contribution in [0.15, 0.2) is 84.9 Å². The van der Waals surface area contributed by atoms with Crippen LogP contribution in [0, 0.1) is 5.92 Å². The first-order valence-electron chi connectivity index (χ1n) is 12.5. The maximum Gasteiger partial charge on any atom is 0.319 e. The van der Waals surface area contributed by atoms with Crippen LogP contribution < -0.4 is 10.6 Å². The van der Waals surface area contributed by atoms with Gasteiger partial charge in [0.25, 0.3) is 0 Å². The van der Waals surface area contributed by atoms with Gasteiger partial charge in [-0.25, -0.2) is 4.79 Å². The molecule has 0 spiro atoms. The van der Waals surface area contributed by atoms with Gasteiger partial charge in [-0.15, -0.1) is 0 Å². The zero-order valence-corrected chi connectivity index (χ0v) is 21.0. The van der Waals surface area contributed by atoms with Gasteiger partial charge in [0.1, 0.15) is 6.04 Å². The molecule has 184 valence electrons. The van der Waals surface area contributed by atoms with Crippen LogP contribution in [-0.2, 0) is 24.2 Å². The predicted octanol–water partition coefficient (Wildman–Crippen LogP) is 6.06. The summed E-state index contributed by atoms with van der Waals surface area (Å²) in [4.78, 5) is 28.6. The molecule has 3 aromatic carbocycles. The molecule has 0 aliphatic heterocycles. The number of hydrogen-bond acceptors (Lipinski definition) is 2. The zero-order chi connectivity index (χ0) is 25.0. The monoisotopic (exact) mass is 471 g/mol. The molecule has 0 fully saturated rings. The van der Waals surface area contributed by atoms with Gasteiger partial charge < -0.3 is 15.5 Å². The van der Waals surface area contributed by atoms with Crippen molar-refractivity contribution in [2.75, 3.05) is 11.9 Å². The number of carbonyl (C=O) groups is 2. The topological polar surface area (TPSA) is 61.4 Å². The molecule has 0 aliphatic carbocycles. The van der Waals surface area contributed by atoms with Crippen LogP contribution >= 0.6 is 0 Å². The Bertz CT molecular complexity index is 1050. The molecule has 0 aliphatic rings. The van der Waals surface area contributed by atoms with Gasteiger partial charge in [-0.1, -0.05) is 100.0 Å². The number of nitrogens with one attached hydrogen (secondary N) is 2. The third-order valence-corrected chi connectivity index (χ3v) is 6.43. The molecule has 0 bridgehead atoms. The minimum absolute atomic E-state index is 0.00860. The summed E-state index contributed by atoms with van der Waals surface area (Å²) in [6, 6.07) is 27.0. The molecule has 0 heterocycles. The number of nitrogens with zero attached hydrogens (tertiary/aromatic N) is 1. The summed E-state index contributed by atoms with van der Waals surface area (Å²) < 4.78 is 0. The van der Waals surface area contributed by atoms with Crippen molar-refractivity contribution in [3.8, 4) is 0 Å². The number of aryl methyl sites for hydroxylation is 1. The van der Waals surface area contributed by atoms with E-state index in [1.807, 2.05) is 91.5 Å². The van der Waals surface area contributed by atoms with E-state index in [0.29, 0.717) is 18.8 Å². The minimum Gasteiger partial charge on any atom is -0.336 e. The Morgan fingerprint density at radius 2 is 1.40 bits per heavy atom. The molecule has 0 radical (unpaired) electrons. The summed E-state index contributed by atoms with van der Waals surface area (Å²) in [6.07, 6.45) is 2.47. The van der Waals surface area contributed by atoms with E-state index in [1.165, 1.54) is 11.1 Å². The molecule has 2 N–H and O–H groups in total. The number of urea groups is 1.